The molecule has 3 aromatic rings. The van der Waals surface area contributed by atoms with Gasteiger partial charge >= 0.3 is 0 Å². The summed E-state index contributed by atoms with van der Waals surface area (Å²) in [5.74, 6) is 1.94. The number of ether oxygens (including phenoxy) is 4. The molecule has 0 aromatic heterocycles. The highest BCUT2D eigenvalue weighted by Crippen LogP contribution is 2.40. The van der Waals surface area contributed by atoms with Gasteiger partial charge in [-0.05, 0) is 34.7 Å². The molecule has 1 saturated heterocycles. The van der Waals surface area contributed by atoms with Crippen molar-refractivity contribution in [2.24, 2.45) is 0 Å². The van der Waals surface area contributed by atoms with Crippen LogP contribution in [-0.2, 0) is 4.74 Å². The van der Waals surface area contributed by atoms with Crippen molar-refractivity contribution >= 4 is 10.8 Å². The van der Waals surface area contributed by atoms with Crippen molar-refractivity contribution in [2.45, 2.75) is 24.6 Å². The van der Waals surface area contributed by atoms with Gasteiger partial charge in [0.25, 0.3) is 0 Å². The van der Waals surface area contributed by atoms with Crippen LogP contribution in [0.4, 0.5) is 0 Å². The maximum Gasteiger partial charge on any atom is 0.231 e. The Kier molecular flexibility index (Phi) is 4.52. The number of hydrogen-bond acceptors (Lipinski definition) is 7. The highest BCUT2D eigenvalue weighted by Gasteiger charge is 2.39. The van der Waals surface area contributed by atoms with E-state index in [1.54, 1.807) is 6.07 Å². The third-order valence-corrected chi connectivity index (χ3v) is 5.27. The van der Waals surface area contributed by atoms with Crippen LogP contribution in [0.25, 0.3) is 21.9 Å². The molecule has 2 aliphatic heterocycles. The van der Waals surface area contributed by atoms with Gasteiger partial charge in [-0.25, -0.2) is 0 Å². The molecule has 0 amide bonds. The summed E-state index contributed by atoms with van der Waals surface area (Å²) in [5, 5.41) is 31.5. The van der Waals surface area contributed by atoms with E-state index in [4.69, 9.17) is 18.9 Å². The normalized spacial score (nSPS) is 25.9. The lowest BCUT2D eigenvalue weighted by atomic mass is 9.97. The minimum absolute atomic E-state index is 0.115. The Bertz CT molecular complexity index is 1050. The van der Waals surface area contributed by atoms with E-state index >= 15 is 0 Å². The smallest absolute Gasteiger partial charge is 0.231 e. The standard InChI is InChI=1S/C22H20O7/c23-16-10-26-22(21(25)20(16)24)29-17-8-6-13(14-3-1-2-4-15(14)17)12-5-7-18-19(9-12)28-11-27-18/h1-9,16,20-25H,10-11H2/t16-,20-,21+,22?/m0/s1. The van der Waals surface area contributed by atoms with E-state index in [1.165, 1.54) is 0 Å². The predicted octanol–water partition coefficient (Wildman–Crippen LogP) is 2.05. The predicted molar refractivity (Wildman–Crippen MR) is 104 cm³/mol. The van der Waals surface area contributed by atoms with Crippen LogP contribution in [0, 0.1) is 0 Å². The molecule has 2 heterocycles. The van der Waals surface area contributed by atoms with Crippen LogP contribution in [0.15, 0.2) is 54.6 Å². The lowest BCUT2D eigenvalue weighted by molar-refractivity contribution is -0.241. The van der Waals surface area contributed by atoms with Gasteiger partial charge in [0, 0.05) is 5.39 Å². The van der Waals surface area contributed by atoms with Crippen LogP contribution in [0.2, 0.25) is 0 Å². The molecule has 0 bridgehead atoms. The fraction of sp³-hybridized carbons (Fsp3) is 0.273. The van der Waals surface area contributed by atoms with Crippen LogP contribution in [0.3, 0.4) is 0 Å². The number of hydrogen-bond donors (Lipinski definition) is 3. The maximum atomic E-state index is 10.2. The molecular weight excluding hydrogens is 376 g/mol. The summed E-state index contributed by atoms with van der Waals surface area (Å²) in [5.41, 5.74) is 1.97. The van der Waals surface area contributed by atoms with Gasteiger partial charge in [-0.2, -0.15) is 0 Å². The van der Waals surface area contributed by atoms with Crippen molar-refractivity contribution in [3.8, 4) is 28.4 Å². The van der Waals surface area contributed by atoms with Crippen molar-refractivity contribution in [1.82, 2.24) is 0 Å². The highest BCUT2D eigenvalue weighted by atomic mass is 16.7. The van der Waals surface area contributed by atoms with Crippen LogP contribution in [0.5, 0.6) is 17.2 Å². The molecular formula is C22H20O7. The number of aliphatic hydroxyl groups is 3. The molecule has 2 aliphatic rings. The highest BCUT2D eigenvalue weighted by molar-refractivity contribution is 6.00. The van der Waals surface area contributed by atoms with Crippen molar-refractivity contribution in [3.63, 3.8) is 0 Å². The van der Waals surface area contributed by atoms with Gasteiger partial charge in [-0.3, -0.25) is 0 Å². The van der Waals surface area contributed by atoms with E-state index in [0.29, 0.717) is 11.5 Å². The molecule has 5 rings (SSSR count). The maximum absolute atomic E-state index is 10.2. The lowest BCUT2D eigenvalue weighted by Gasteiger charge is -2.35. The SMILES string of the molecule is O[C@H]1[C@@H](O)COC(Oc2ccc(-c3ccc4c(c3)OCO4)c3ccccc23)[C@@H]1O. The zero-order valence-electron chi connectivity index (χ0n) is 15.4. The average molecular weight is 396 g/mol. The van der Waals surface area contributed by atoms with Crippen LogP contribution >= 0.6 is 0 Å². The summed E-state index contributed by atoms with van der Waals surface area (Å²) < 4.78 is 22.1. The lowest BCUT2D eigenvalue weighted by Crippen LogP contribution is -2.54. The molecule has 0 aliphatic carbocycles. The molecule has 0 spiro atoms. The van der Waals surface area contributed by atoms with E-state index in [0.717, 1.165) is 27.6 Å². The van der Waals surface area contributed by atoms with Crippen molar-refractivity contribution < 1.29 is 34.3 Å². The molecule has 0 saturated carbocycles. The van der Waals surface area contributed by atoms with Crippen molar-refractivity contribution in [1.29, 1.82) is 0 Å². The zero-order valence-corrected chi connectivity index (χ0v) is 15.4. The second kappa shape index (κ2) is 7.20. The van der Waals surface area contributed by atoms with Gasteiger partial charge in [-0.15, -0.1) is 0 Å². The number of aliphatic hydroxyl groups excluding tert-OH is 3. The van der Waals surface area contributed by atoms with Gasteiger partial charge in [0.1, 0.15) is 24.1 Å². The van der Waals surface area contributed by atoms with E-state index in [9.17, 15) is 15.3 Å². The molecule has 29 heavy (non-hydrogen) atoms. The Morgan fingerprint density at radius 1 is 0.828 bits per heavy atom. The summed E-state index contributed by atoms with van der Waals surface area (Å²) in [7, 11) is 0. The number of benzene rings is 3. The first-order valence-electron chi connectivity index (χ1n) is 9.36. The van der Waals surface area contributed by atoms with Crippen molar-refractivity contribution in [2.75, 3.05) is 13.4 Å². The fourth-order valence-electron chi connectivity index (χ4n) is 3.70. The Morgan fingerprint density at radius 3 is 2.48 bits per heavy atom. The van der Waals surface area contributed by atoms with Gasteiger partial charge < -0.3 is 34.3 Å². The summed E-state index contributed by atoms with van der Waals surface area (Å²) >= 11 is 0. The average Bonchev–Trinajstić information content (AvgIpc) is 3.22. The summed E-state index contributed by atoms with van der Waals surface area (Å²) in [6.07, 6.45) is -4.90. The molecule has 1 fully saturated rings. The van der Waals surface area contributed by atoms with Crippen LogP contribution in [-0.4, -0.2) is 53.3 Å². The third kappa shape index (κ3) is 3.18. The van der Waals surface area contributed by atoms with Crippen LogP contribution < -0.4 is 14.2 Å². The van der Waals surface area contributed by atoms with Crippen molar-refractivity contribution in [3.05, 3.63) is 54.6 Å². The first-order chi connectivity index (χ1) is 14.1. The first-order valence-corrected chi connectivity index (χ1v) is 9.36. The molecule has 3 N–H and O–H groups in total. The summed E-state index contributed by atoms with van der Waals surface area (Å²) in [4.78, 5) is 0. The molecule has 0 radical (unpaired) electrons. The topological polar surface area (TPSA) is 97.6 Å². The first kappa shape index (κ1) is 18.2. The molecule has 150 valence electrons. The Labute approximate surface area is 166 Å². The van der Waals surface area contributed by atoms with E-state index in [1.807, 2.05) is 48.5 Å². The van der Waals surface area contributed by atoms with Gasteiger partial charge in [0.05, 0.1) is 6.61 Å². The zero-order chi connectivity index (χ0) is 20.0. The largest absolute Gasteiger partial charge is 0.461 e. The summed E-state index contributed by atoms with van der Waals surface area (Å²) in [6, 6.07) is 17.3. The second-order valence-corrected chi connectivity index (χ2v) is 7.09. The van der Waals surface area contributed by atoms with Gasteiger partial charge in [0.2, 0.25) is 13.1 Å². The van der Waals surface area contributed by atoms with Gasteiger partial charge in [-0.1, -0.05) is 36.4 Å². The Hall–Kier alpha value is -2.84. The van der Waals surface area contributed by atoms with E-state index in [2.05, 4.69) is 0 Å². The van der Waals surface area contributed by atoms with Gasteiger partial charge in [0.15, 0.2) is 11.5 Å². The molecule has 4 atom stereocenters. The fourth-order valence-corrected chi connectivity index (χ4v) is 3.70. The monoisotopic (exact) mass is 396 g/mol. The van der Waals surface area contributed by atoms with Crippen LogP contribution in [0.1, 0.15) is 0 Å². The number of fused-ring (bicyclic) bond motifs is 2. The van der Waals surface area contributed by atoms with E-state index < -0.39 is 24.6 Å². The Balaban J connectivity index is 1.52. The Morgan fingerprint density at radius 2 is 1.62 bits per heavy atom. The second-order valence-electron chi connectivity index (χ2n) is 7.09. The molecule has 3 aromatic carbocycles. The summed E-state index contributed by atoms with van der Waals surface area (Å²) in [6.45, 7) is 0.104. The minimum atomic E-state index is -1.36. The molecule has 1 unspecified atom stereocenters. The number of rotatable bonds is 3. The quantitative estimate of drug-likeness (QED) is 0.623. The van der Waals surface area contributed by atoms with E-state index in [-0.39, 0.29) is 13.4 Å². The third-order valence-electron chi connectivity index (χ3n) is 5.27. The minimum Gasteiger partial charge on any atom is -0.461 e. The molecule has 7 nitrogen and oxygen atoms in total. The molecule has 7 heteroatoms.